The van der Waals surface area contributed by atoms with Crippen LogP contribution in [0.5, 0.6) is 0 Å². The average Bonchev–Trinajstić information content (AvgIpc) is 4.17. The molecule has 0 radical (unpaired) electrons. The van der Waals surface area contributed by atoms with E-state index in [9.17, 15) is 0 Å². The fraction of sp³-hybridized carbons (Fsp3) is 0.324. The van der Waals surface area contributed by atoms with Gasteiger partial charge in [-0.2, -0.15) is 0 Å². The van der Waals surface area contributed by atoms with Gasteiger partial charge in [0.25, 0.3) is 0 Å². The van der Waals surface area contributed by atoms with E-state index < -0.39 is 0 Å². The highest BCUT2D eigenvalue weighted by atomic mass is 16.3. The van der Waals surface area contributed by atoms with E-state index in [4.69, 9.17) is 4.42 Å². The third kappa shape index (κ3) is 7.64. The maximum atomic E-state index is 6.96. The predicted octanol–water partition coefficient (Wildman–Crippen LogP) is 21.5. The van der Waals surface area contributed by atoms with Crippen molar-refractivity contribution in [2.45, 2.75) is 157 Å². The van der Waals surface area contributed by atoms with Crippen LogP contribution in [0.3, 0.4) is 0 Å². The summed E-state index contributed by atoms with van der Waals surface area (Å²) in [6.45, 7) is 42.1. The number of para-hydroxylation sites is 1. The largest absolute Gasteiger partial charge is 0.454 e. The van der Waals surface area contributed by atoms with Crippen LogP contribution in [-0.4, -0.2) is 8.80 Å². The first-order valence-corrected chi connectivity index (χ1v) is 28.2. The van der Waals surface area contributed by atoms with E-state index in [-0.39, 0.29) is 32.5 Å². The fourth-order valence-electron chi connectivity index (χ4n) is 12.5. The summed E-state index contributed by atoms with van der Waals surface area (Å²) in [6.07, 6.45) is 0. The highest BCUT2D eigenvalue weighted by molar-refractivity contribution is 6.31. The Bertz CT molecular complexity index is 4500. The summed E-state index contributed by atoms with van der Waals surface area (Å²) in [6, 6.07) is 52.8. The monoisotopic (exact) mass is 1010 g/mol. The van der Waals surface area contributed by atoms with Gasteiger partial charge in [0.15, 0.2) is 5.58 Å². The number of hydrogen-bond donors (Lipinski definition) is 0. The molecule has 0 spiro atoms. The van der Waals surface area contributed by atoms with E-state index in [0.29, 0.717) is 0 Å². The lowest BCUT2D eigenvalue weighted by Crippen LogP contribution is -2.16. The molecule has 0 aliphatic carbocycles. The molecule has 3 nitrogen and oxygen atoms in total. The van der Waals surface area contributed by atoms with Crippen LogP contribution in [0.15, 0.2) is 138 Å². The maximum Gasteiger partial charge on any atom is 0.161 e. The Kier molecular flexibility index (Phi) is 10.1. The number of rotatable bonds is 3. The molecule has 388 valence electrons. The van der Waals surface area contributed by atoms with E-state index >= 15 is 0 Å². The van der Waals surface area contributed by atoms with Crippen LogP contribution in [0.1, 0.15) is 158 Å². The molecule has 0 unspecified atom stereocenters. The molecular formula is C74H76N2O. The Morgan fingerprint density at radius 1 is 0.260 bits per heavy atom. The molecule has 0 aliphatic heterocycles. The minimum Gasteiger partial charge on any atom is -0.454 e. The van der Waals surface area contributed by atoms with Crippen molar-refractivity contribution in [3.63, 3.8) is 0 Å². The van der Waals surface area contributed by atoms with Gasteiger partial charge in [-0.3, -0.25) is 0 Å². The number of benzene rings is 8. The molecule has 0 saturated heterocycles. The SMILES string of the molecule is CC(C)(C)c1cc(-c2ccc3c(c2)c2cc(-c4cc(C(C)(C)C)cc(C(C)(C)C)c4)cc4c5cc6c7cc(-c8cc(C(C)(C)C)cc(C(C)(C)C)c8)cc8c9oc%10ccccc%10c9n(c6cc5n3c24)c78)cc(C(C)(C)C)c1. The van der Waals surface area contributed by atoms with Gasteiger partial charge in [-0.25, -0.2) is 0 Å². The number of hydrogen-bond acceptors (Lipinski definition) is 1. The zero-order valence-electron chi connectivity index (χ0n) is 49.0. The Morgan fingerprint density at radius 3 is 1.05 bits per heavy atom. The molecule has 0 amide bonds. The summed E-state index contributed by atoms with van der Waals surface area (Å²) in [5, 5.41) is 9.92. The second kappa shape index (κ2) is 15.8. The van der Waals surface area contributed by atoms with Crippen LogP contribution in [-0.2, 0) is 32.5 Å². The van der Waals surface area contributed by atoms with Gasteiger partial charge in [-0.1, -0.05) is 197 Å². The van der Waals surface area contributed by atoms with Crippen molar-refractivity contribution < 1.29 is 4.42 Å². The lowest BCUT2D eigenvalue weighted by atomic mass is 9.78. The minimum absolute atomic E-state index is 0.00616. The Morgan fingerprint density at radius 2 is 0.610 bits per heavy atom. The van der Waals surface area contributed by atoms with Crippen LogP contribution in [0.4, 0.5) is 0 Å². The van der Waals surface area contributed by atoms with Gasteiger partial charge in [-0.05, 0) is 160 Å². The van der Waals surface area contributed by atoms with Gasteiger partial charge in [0, 0.05) is 43.1 Å². The molecule has 0 atom stereocenters. The molecule has 8 aromatic carbocycles. The number of fused-ring (bicyclic) bond motifs is 14. The lowest BCUT2D eigenvalue weighted by molar-refractivity contribution is 0.568. The van der Waals surface area contributed by atoms with E-state index in [1.807, 2.05) is 0 Å². The van der Waals surface area contributed by atoms with Gasteiger partial charge in [-0.15, -0.1) is 0 Å². The number of aromatic nitrogens is 2. The zero-order chi connectivity index (χ0) is 54.6. The van der Waals surface area contributed by atoms with Crippen molar-refractivity contribution in [2.24, 2.45) is 0 Å². The molecule has 0 saturated carbocycles. The highest BCUT2D eigenvalue weighted by Crippen LogP contribution is 2.50. The van der Waals surface area contributed by atoms with Crippen molar-refractivity contribution in [1.29, 1.82) is 0 Å². The van der Waals surface area contributed by atoms with Crippen molar-refractivity contribution in [2.75, 3.05) is 0 Å². The van der Waals surface area contributed by atoms with E-state index in [0.717, 1.165) is 27.5 Å². The van der Waals surface area contributed by atoms with Crippen LogP contribution in [0.25, 0.3) is 121 Å². The first-order chi connectivity index (χ1) is 35.9. The summed E-state index contributed by atoms with van der Waals surface area (Å²) < 4.78 is 12.1. The molecule has 5 heterocycles. The third-order valence-electron chi connectivity index (χ3n) is 17.4. The van der Waals surface area contributed by atoms with E-state index in [1.54, 1.807) is 0 Å². The molecule has 0 aliphatic rings. The van der Waals surface area contributed by atoms with Crippen molar-refractivity contribution in [1.82, 2.24) is 8.80 Å². The topological polar surface area (TPSA) is 22.0 Å². The number of nitrogens with zero attached hydrogens (tertiary/aromatic N) is 2. The van der Waals surface area contributed by atoms with Gasteiger partial charge < -0.3 is 13.2 Å². The molecule has 13 rings (SSSR count). The molecule has 0 N–H and O–H groups in total. The summed E-state index contributed by atoms with van der Waals surface area (Å²) >= 11 is 0. The molecule has 77 heavy (non-hydrogen) atoms. The van der Waals surface area contributed by atoms with Crippen LogP contribution in [0.2, 0.25) is 0 Å². The summed E-state index contributed by atoms with van der Waals surface area (Å²) in [7, 11) is 0. The average molecular weight is 1010 g/mol. The second-order valence-electron chi connectivity index (χ2n) is 29.3. The van der Waals surface area contributed by atoms with Crippen molar-refractivity contribution in [3.05, 3.63) is 167 Å². The van der Waals surface area contributed by atoms with E-state index in [1.165, 1.54) is 127 Å². The summed E-state index contributed by atoms with van der Waals surface area (Å²) in [5.41, 5.74) is 24.7. The standard InChI is InChI=1S/C74H76N2O/c1-69(2,3)47-25-42(26-48(36-47)70(4,5)6)41-23-24-61-54(31-41)57-32-45(43-27-49(71(7,8)9)37-50(28-43)72(10,11)12)33-58-55-39-56-59-34-46(44-29-51(73(13,14)15)38-52(30-44)74(16,17)18)35-60-66(59)76(63(56)40-62(55)75(61)65(57)58)67-53-21-19-20-22-64(53)77-68(60)67/h19-40H,1-18H3. The normalized spacial score (nSPS) is 13.8. The smallest absolute Gasteiger partial charge is 0.161 e. The highest BCUT2D eigenvalue weighted by Gasteiger charge is 2.30. The molecule has 3 heteroatoms. The number of furan rings is 1. The van der Waals surface area contributed by atoms with Crippen molar-refractivity contribution >= 4 is 87.4 Å². The lowest BCUT2D eigenvalue weighted by Gasteiger charge is -2.26. The van der Waals surface area contributed by atoms with Crippen LogP contribution in [0, 0.1) is 0 Å². The molecule has 0 bridgehead atoms. The van der Waals surface area contributed by atoms with Gasteiger partial charge >= 0.3 is 0 Å². The van der Waals surface area contributed by atoms with E-state index in [2.05, 4.69) is 267 Å². The molecule has 5 aromatic heterocycles. The third-order valence-corrected chi connectivity index (χ3v) is 17.4. The second-order valence-corrected chi connectivity index (χ2v) is 29.3. The quantitative estimate of drug-likeness (QED) is 0.173. The first-order valence-electron chi connectivity index (χ1n) is 28.2. The van der Waals surface area contributed by atoms with Crippen LogP contribution >= 0.6 is 0 Å². The predicted molar refractivity (Wildman–Crippen MR) is 334 cm³/mol. The summed E-state index contributed by atoms with van der Waals surface area (Å²) in [5.74, 6) is 0. The van der Waals surface area contributed by atoms with Gasteiger partial charge in [0.1, 0.15) is 11.1 Å². The maximum absolute atomic E-state index is 6.96. The summed E-state index contributed by atoms with van der Waals surface area (Å²) in [4.78, 5) is 0. The Balaban J connectivity index is 1.17. The molecular weight excluding hydrogens is 933 g/mol. The molecule has 0 fully saturated rings. The van der Waals surface area contributed by atoms with Gasteiger partial charge in [0.05, 0.1) is 27.6 Å². The fourth-order valence-corrected chi connectivity index (χ4v) is 12.5. The minimum atomic E-state index is -0.0208. The Labute approximate surface area is 455 Å². The molecule has 13 aromatic rings. The van der Waals surface area contributed by atoms with Crippen molar-refractivity contribution in [3.8, 4) is 33.4 Å². The van der Waals surface area contributed by atoms with Crippen LogP contribution < -0.4 is 0 Å². The van der Waals surface area contributed by atoms with Gasteiger partial charge in [0.2, 0.25) is 0 Å². The Hall–Kier alpha value is -7.10. The first kappa shape index (κ1) is 49.5. The zero-order valence-corrected chi connectivity index (χ0v) is 49.0.